The molecule has 0 aromatic heterocycles. The van der Waals surface area contributed by atoms with Crippen LogP contribution in [0.1, 0.15) is 35.7 Å². The molecule has 2 atom stereocenters. The van der Waals surface area contributed by atoms with Gasteiger partial charge in [0.2, 0.25) is 11.8 Å². The molecule has 7 nitrogen and oxygen atoms in total. The Bertz CT molecular complexity index is 1120. The van der Waals surface area contributed by atoms with Gasteiger partial charge in [0, 0.05) is 10.2 Å². The smallest absolute Gasteiger partial charge is 0.338 e. The number of halogens is 1. The fourth-order valence-corrected chi connectivity index (χ4v) is 4.59. The number of anilines is 2. The van der Waals surface area contributed by atoms with E-state index in [0.717, 1.165) is 16.5 Å². The number of hydrogen-bond acceptors (Lipinski definition) is 5. The number of nitrogens with zero attached hydrogens (tertiary/aromatic N) is 1. The maximum absolute atomic E-state index is 12.7. The van der Waals surface area contributed by atoms with Crippen LogP contribution in [0.2, 0.25) is 0 Å². The van der Waals surface area contributed by atoms with Gasteiger partial charge in [-0.2, -0.15) is 0 Å². The van der Waals surface area contributed by atoms with Crippen molar-refractivity contribution in [3.05, 3.63) is 70.2 Å². The van der Waals surface area contributed by atoms with Crippen molar-refractivity contribution in [1.29, 1.82) is 0 Å². The molecule has 0 saturated carbocycles. The van der Waals surface area contributed by atoms with Crippen molar-refractivity contribution in [2.24, 2.45) is 11.8 Å². The molecule has 1 heterocycles. The van der Waals surface area contributed by atoms with Crippen molar-refractivity contribution in [3.8, 4) is 0 Å². The number of benzene rings is 2. The molecule has 1 N–H and O–H groups in total. The molecule has 3 amide bonds. The molecule has 1 fully saturated rings. The van der Waals surface area contributed by atoms with E-state index in [-0.39, 0.29) is 29.2 Å². The summed E-state index contributed by atoms with van der Waals surface area (Å²) in [4.78, 5) is 51.2. The Morgan fingerprint density at radius 2 is 1.67 bits per heavy atom. The number of carbonyl (C=O) groups excluding carboxylic acids is 4. The summed E-state index contributed by atoms with van der Waals surface area (Å²) in [6.45, 7) is 1.55. The molecule has 2 aliphatic rings. The first-order chi connectivity index (χ1) is 15.9. The van der Waals surface area contributed by atoms with Gasteiger partial charge in [0.1, 0.15) is 0 Å². The second kappa shape index (κ2) is 9.70. The highest BCUT2D eigenvalue weighted by molar-refractivity contribution is 9.10. The highest BCUT2D eigenvalue weighted by atomic mass is 79.9. The van der Waals surface area contributed by atoms with Crippen LogP contribution in [0.3, 0.4) is 0 Å². The van der Waals surface area contributed by atoms with E-state index in [4.69, 9.17) is 4.74 Å². The van der Waals surface area contributed by atoms with Crippen molar-refractivity contribution in [2.75, 3.05) is 16.8 Å². The molecule has 33 heavy (non-hydrogen) atoms. The average molecular weight is 511 g/mol. The number of carbonyl (C=O) groups is 4. The summed E-state index contributed by atoms with van der Waals surface area (Å²) in [6, 6.07) is 11.6. The molecule has 0 bridgehead atoms. The summed E-state index contributed by atoms with van der Waals surface area (Å²) in [5.74, 6) is -2.16. The monoisotopic (exact) mass is 510 g/mol. The number of rotatable bonds is 6. The lowest BCUT2D eigenvalue weighted by atomic mass is 9.85. The van der Waals surface area contributed by atoms with Crippen molar-refractivity contribution in [3.63, 3.8) is 0 Å². The Labute approximate surface area is 199 Å². The first-order valence-electron chi connectivity index (χ1n) is 10.8. The molecule has 170 valence electrons. The lowest BCUT2D eigenvalue weighted by Crippen LogP contribution is -2.30. The zero-order valence-corrected chi connectivity index (χ0v) is 19.6. The van der Waals surface area contributed by atoms with Gasteiger partial charge in [0.25, 0.3) is 5.91 Å². The summed E-state index contributed by atoms with van der Waals surface area (Å²) in [7, 11) is 0. The van der Waals surface area contributed by atoms with Crippen LogP contribution in [0.4, 0.5) is 11.4 Å². The quantitative estimate of drug-likeness (QED) is 0.356. The number of allylic oxidation sites excluding steroid dienone is 2. The fourth-order valence-electron chi connectivity index (χ4n) is 4.18. The number of esters is 1. The number of aryl methyl sites for hydroxylation is 1. The first-order valence-corrected chi connectivity index (χ1v) is 11.6. The maximum Gasteiger partial charge on any atom is 0.338 e. The number of fused-ring (bicyclic) bond motifs is 1. The average Bonchev–Trinajstić information content (AvgIpc) is 3.09. The number of hydrogen-bond donors (Lipinski definition) is 1. The zero-order valence-electron chi connectivity index (χ0n) is 18.0. The molecule has 0 radical (unpaired) electrons. The molecular weight excluding hydrogens is 488 g/mol. The molecule has 1 saturated heterocycles. The number of nitrogens with one attached hydrogen (secondary N) is 1. The second-order valence-corrected chi connectivity index (χ2v) is 8.91. The van der Waals surface area contributed by atoms with Gasteiger partial charge in [-0.15, -0.1) is 0 Å². The Morgan fingerprint density at radius 1 is 1.03 bits per heavy atom. The Hall–Kier alpha value is -3.26. The third-order valence-electron chi connectivity index (χ3n) is 5.93. The van der Waals surface area contributed by atoms with Crippen LogP contribution in [-0.4, -0.2) is 30.3 Å². The molecule has 0 unspecified atom stereocenters. The van der Waals surface area contributed by atoms with Crippen LogP contribution >= 0.6 is 15.9 Å². The van der Waals surface area contributed by atoms with Gasteiger partial charge in [-0.25, -0.2) is 4.79 Å². The van der Waals surface area contributed by atoms with E-state index >= 15 is 0 Å². The van der Waals surface area contributed by atoms with Gasteiger partial charge < -0.3 is 10.1 Å². The standard InChI is InChI=1S/C25H23BrN2O5/c1-2-15-13-17(26)9-12-21(15)27-22(29)14-33-25(32)16-7-10-18(11-8-16)28-23(30)19-5-3-4-6-20(19)24(28)31/h3-4,7-13,19-20H,2,5-6,14H2,1H3,(H,27,29)/t19-,20-/m0/s1. The van der Waals surface area contributed by atoms with Crippen LogP contribution in [0.5, 0.6) is 0 Å². The molecule has 2 aromatic carbocycles. The molecule has 4 rings (SSSR count). The lowest BCUT2D eigenvalue weighted by Gasteiger charge is -2.15. The van der Waals surface area contributed by atoms with Crippen LogP contribution in [-0.2, 0) is 25.5 Å². The summed E-state index contributed by atoms with van der Waals surface area (Å²) < 4.78 is 6.04. The van der Waals surface area contributed by atoms with Crippen LogP contribution in [0.25, 0.3) is 0 Å². The molecule has 1 aliphatic carbocycles. The molecule has 0 spiro atoms. The summed E-state index contributed by atoms with van der Waals surface area (Å²) >= 11 is 3.40. The number of amides is 3. The Kier molecular flexibility index (Phi) is 6.74. The van der Waals surface area contributed by atoms with E-state index in [9.17, 15) is 19.2 Å². The van der Waals surface area contributed by atoms with Gasteiger partial charge in [-0.3, -0.25) is 19.3 Å². The maximum atomic E-state index is 12.7. The molecular formula is C25H23BrN2O5. The minimum atomic E-state index is -0.667. The minimum Gasteiger partial charge on any atom is -0.452 e. The predicted octanol–water partition coefficient (Wildman–Crippen LogP) is 4.26. The fraction of sp³-hybridized carbons (Fsp3) is 0.280. The summed E-state index contributed by atoms with van der Waals surface area (Å²) in [5, 5.41) is 2.75. The van der Waals surface area contributed by atoms with Crippen LogP contribution in [0.15, 0.2) is 59.1 Å². The Morgan fingerprint density at radius 3 is 2.27 bits per heavy atom. The largest absolute Gasteiger partial charge is 0.452 e. The number of imide groups is 1. The normalized spacial score (nSPS) is 19.4. The van der Waals surface area contributed by atoms with Crippen molar-refractivity contribution in [2.45, 2.75) is 26.2 Å². The van der Waals surface area contributed by atoms with E-state index in [1.807, 2.05) is 31.2 Å². The van der Waals surface area contributed by atoms with Gasteiger partial charge in [-0.1, -0.05) is 35.0 Å². The summed E-state index contributed by atoms with van der Waals surface area (Å²) in [6.07, 6.45) is 5.74. The van der Waals surface area contributed by atoms with E-state index in [1.54, 1.807) is 18.2 Å². The van der Waals surface area contributed by atoms with Gasteiger partial charge in [0.15, 0.2) is 6.61 Å². The lowest BCUT2D eigenvalue weighted by molar-refractivity contribution is -0.122. The van der Waals surface area contributed by atoms with E-state index in [0.29, 0.717) is 24.2 Å². The number of ether oxygens (including phenoxy) is 1. The molecule has 8 heteroatoms. The first kappa shape index (κ1) is 22.9. The zero-order chi connectivity index (χ0) is 23.5. The predicted molar refractivity (Wildman–Crippen MR) is 127 cm³/mol. The minimum absolute atomic E-state index is 0.208. The van der Waals surface area contributed by atoms with Crippen LogP contribution < -0.4 is 10.2 Å². The second-order valence-electron chi connectivity index (χ2n) is 7.99. The van der Waals surface area contributed by atoms with Crippen LogP contribution in [0, 0.1) is 11.8 Å². The molecule has 2 aromatic rings. The van der Waals surface area contributed by atoms with Crippen molar-refractivity contribution < 1.29 is 23.9 Å². The van der Waals surface area contributed by atoms with Gasteiger partial charge in [0.05, 0.1) is 23.1 Å². The van der Waals surface area contributed by atoms with E-state index < -0.39 is 18.5 Å². The van der Waals surface area contributed by atoms with Gasteiger partial charge in [-0.05, 0) is 67.3 Å². The third kappa shape index (κ3) is 4.75. The van der Waals surface area contributed by atoms with Gasteiger partial charge >= 0.3 is 5.97 Å². The Balaban J connectivity index is 1.36. The highest BCUT2D eigenvalue weighted by Gasteiger charge is 2.47. The molecule has 1 aliphatic heterocycles. The SMILES string of the molecule is CCc1cc(Br)ccc1NC(=O)COC(=O)c1ccc(N2C(=O)[C@H]3CC=CC[C@@H]3C2=O)cc1. The topological polar surface area (TPSA) is 92.8 Å². The van der Waals surface area contributed by atoms with E-state index in [2.05, 4.69) is 21.2 Å². The van der Waals surface area contributed by atoms with Crippen molar-refractivity contribution >= 4 is 51.0 Å². The third-order valence-corrected chi connectivity index (χ3v) is 6.42. The summed E-state index contributed by atoms with van der Waals surface area (Å²) in [5.41, 5.74) is 2.28. The van der Waals surface area contributed by atoms with E-state index in [1.165, 1.54) is 17.0 Å². The van der Waals surface area contributed by atoms with Crippen molar-refractivity contribution in [1.82, 2.24) is 0 Å². The highest BCUT2D eigenvalue weighted by Crippen LogP contribution is 2.37.